The SMILES string of the molecule is CCNC1CCN(Cc2cc(F)ccc2C)CC1CC. The number of rotatable bonds is 5. The molecule has 0 aliphatic carbocycles. The molecule has 0 amide bonds. The highest BCUT2D eigenvalue weighted by atomic mass is 19.1. The molecule has 2 rings (SSSR count). The molecule has 20 heavy (non-hydrogen) atoms. The molecule has 2 unspecified atom stereocenters. The number of aryl methyl sites for hydroxylation is 1. The van der Waals surface area contributed by atoms with E-state index in [1.165, 1.54) is 18.4 Å². The summed E-state index contributed by atoms with van der Waals surface area (Å²) in [5, 5.41) is 3.60. The minimum atomic E-state index is -0.125. The molecule has 3 heteroatoms. The van der Waals surface area contributed by atoms with E-state index in [1.54, 1.807) is 12.1 Å². The number of hydrogen-bond acceptors (Lipinski definition) is 2. The van der Waals surface area contributed by atoms with Gasteiger partial charge in [0.1, 0.15) is 5.82 Å². The van der Waals surface area contributed by atoms with Gasteiger partial charge >= 0.3 is 0 Å². The van der Waals surface area contributed by atoms with E-state index in [4.69, 9.17) is 0 Å². The van der Waals surface area contributed by atoms with Gasteiger partial charge in [-0.15, -0.1) is 0 Å². The Labute approximate surface area is 122 Å². The second-order valence-corrected chi connectivity index (χ2v) is 5.93. The standard InChI is InChI=1S/C17H27FN2/c1-4-14-11-20(9-8-17(14)19-5-2)12-15-10-16(18)7-6-13(15)3/h6-7,10,14,17,19H,4-5,8-9,11-12H2,1-3H3. The highest BCUT2D eigenvalue weighted by Crippen LogP contribution is 2.23. The third-order valence-corrected chi connectivity index (χ3v) is 4.51. The van der Waals surface area contributed by atoms with Crippen LogP contribution in [0.4, 0.5) is 4.39 Å². The van der Waals surface area contributed by atoms with Crippen LogP contribution in [0.2, 0.25) is 0 Å². The van der Waals surface area contributed by atoms with Crippen LogP contribution >= 0.6 is 0 Å². The van der Waals surface area contributed by atoms with Crippen molar-refractivity contribution in [2.24, 2.45) is 5.92 Å². The molecule has 1 aliphatic rings. The summed E-state index contributed by atoms with van der Waals surface area (Å²) in [5.74, 6) is 0.581. The first-order chi connectivity index (χ1) is 9.63. The van der Waals surface area contributed by atoms with Crippen molar-refractivity contribution in [3.8, 4) is 0 Å². The molecule has 1 heterocycles. The molecule has 1 aliphatic heterocycles. The fraction of sp³-hybridized carbons (Fsp3) is 0.647. The van der Waals surface area contributed by atoms with Crippen molar-refractivity contribution < 1.29 is 4.39 Å². The first-order valence-corrected chi connectivity index (χ1v) is 7.84. The summed E-state index contributed by atoms with van der Waals surface area (Å²) >= 11 is 0. The first-order valence-electron chi connectivity index (χ1n) is 7.84. The van der Waals surface area contributed by atoms with Crippen molar-refractivity contribution >= 4 is 0 Å². The maximum absolute atomic E-state index is 13.4. The van der Waals surface area contributed by atoms with Crippen molar-refractivity contribution in [1.82, 2.24) is 10.2 Å². The Morgan fingerprint density at radius 1 is 1.35 bits per heavy atom. The molecule has 2 atom stereocenters. The largest absolute Gasteiger partial charge is 0.314 e. The van der Waals surface area contributed by atoms with Crippen LogP contribution in [0.25, 0.3) is 0 Å². The van der Waals surface area contributed by atoms with Crippen LogP contribution in [-0.2, 0) is 6.54 Å². The van der Waals surface area contributed by atoms with E-state index in [0.29, 0.717) is 12.0 Å². The summed E-state index contributed by atoms with van der Waals surface area (Å²) in [6.45, 7) is 10.6. The number of halogens is 1. The fourth-order valence-electron chi connectivity index (χ4n) is 3.25. The Morgan fingerprint density at radius 3 is 2.85 bits per heavy atom. The molecule has 1 N–H and O–H groups in total. The molecule has 0 aromatic heterocycles. The fourth-order valence-corrected chi connectivity index (χ4v) is 3.25. The van der Waals surface area contributed by atoms with Gasteiger partial charge in [0, 0.05) is 19.1 Å². The van der Waals surface area contributed by atoms with Gasteiger partial charge in [-0.05, 0) is 55.6 Å². The molecule has 0 spiro atoms. The average molecular weight is 278 g/mol. The van der Waals surface area contributed by atoms with Gasteiger partial charge in [0.25, 0.3) is 0 Å². The van der Waals surface area contributed by atoms with Gasteiger partial charge in [0.05, 0.1) is 0 Å². The quantitative estimate of drug-likeness (QED) is 0.888. The second-order valence-electron chi connectivity index (χ2n) is 5.93. The van der Waals surface area contributed by atoms with Gasteiger partial charge < -0.3 is 5.32 Å². The van der Waals surface area contributed by atoms with Crippen LogP contribution in [0.3, 0.4) is 0 Å². The summed E-state index contributed by atoms with van der Waals surface area (Å²) < 4.78 is 13.4. The van der Waals surface area contributed by atoms with Gasteiger partial charge in [-0.1, -0.05) is 26.3 Å². The predicted molar refractivity (Wildman–Crippen MR) is 82.3 cm³/mol. The van der Waals surface area contributed by atoms with E-state index in [9.17, 15) is 4.39 Å². The molecule has 1 fully saturated rings. The molecule has 2 nitrogen and oxygen atoms in total. The zero-order valence-corrected chi connectivity index (χ0v) is 13.0. The van der Waals surface area contributed by atoms with E-state index in [1.807, 2.05) is 6.07 Å². The third kappa shape index (κ3) is 3.80. The highest BCUT2D eigenvalue weighted by Gasteiger charge is 2.27. The lowest BCUT2D eigenvalue weighted by molar-refractivity contribution is 0.129. The molecule has 0 radical (unpaired) electrons. The summed E-state index contributed by atoms with van der Waals surface area (Å²) in [6.07, 6.45) is 2.40. The lowest BCUT2D eigenvalue weighted by atomic mass is 9.89. The van der Waals surface area contributed by atoms with Crippen molar-refractivity contribution in [1.29, 1.82) is 0 Å². The van der Waals surface area contributed by atoms with E-state index < -0.39 is 0 Å². The maximum atomic E-state index is 13.4. The average Bonchev–Trinajstić information content (AvgIpc) is 2.44. The minimum absolute atomic E-state index is 0.125. The second kappa shape index (κ2) is 7.19. The van der Waals surface area contributed by atoms with E-state index >= 15 is 0 Å². The molecule has 0 bridgehead atoms. The Kier molecular flexibility index (Phi) is 5.55. The number of nitrogens with zero attached hydrogens (tertiary/aromatic N) is 1. The highest BCUT2D eigenvalue weighted by molar-refractivity contribution is 5.26. The zero-order valence-electron chi connectivity index (χ0n) is 13.0. The minimum Gasteiger partial charge on any atom is -0.314 e. The predicted octanol–water partition coefficient (Wildman–Crippen LogP) is 3.34. The summed E-state index contributed by atoms with van der Waals surface area (Å²) in [4.78, 5) is 2.48. The van der Waals surface area contributed by atoms with Crippen LogP contribution in [0.15, 0.2) is 18.2 Å². The molecule has 1 aromatic rings. The van der Waals surface area contributed by atoms with Crippen LogP contribution in [0, 0.1) is 18.7 Å². The van der Waals surface area contributed by atoms with Gasteiger partial charge in [0.2, 0.25) is 0 Å². The first kappa shape index (κ1) is 15.5. The molecule has 0 saturated carbocycles. The van der Waals surface area contributed by atoms with Gasteiger partial charge in [-0.2, -0.15) is 0 Å². The van der Waals surface area contributed by atoms with Gasteiger partial charge in [0.15, 0.2) is 0 Å². The molecule has 1 aromatic carbocycles. The van der Waals surface area contributed by atoms with Crippen molar-refractivity contribution in [2.75, 3.05) is 19.6 Å². The number of benzene rings is 1. The Hall–Kier alpha value is -0.930. The van der Waals surface area contributed by atoms with Gasteiger partial charge in [-0.25, -0.2) is 4.39 Å². The number of likely N-dealkylation sites (tertiary alicyclic amines) is 1. The van der Waals surface area contributed by atoms with E-state index in [2.05, 4.69) is 31.0 Å². The van der Waals surface area contributed by atoms with Crippen LogP contribution in [0.1, 0.15) is 37.8 Å². The summed E-state index contributed by atoms with van der Waals surface area (Å²) in [7, 11) is 0. The van der Waals surface area contributed by atoms with Crippen molar-refractivity contribution in [3.63, 3.8) is 0 Å². The smallest absolute Gasteiger partial charge is 0.123 e. The van der Waals surface area contributed by atoms with Crippen LogP contribution in [0.5, 0.6) is 0 Å². The maximum Gasteiger partial charge on any atom is 0.123 e. The monoisotopic (exact) mass is 278 g/mol. The Morgan fingerprint density at radius 2 is 2.15 bits per heavy atom. The Bertz CT molecular complexity index is 433. The van der Waals surface area contributed by atoms with Gasteiger partial charge in [-0.3, -0.25) is 4.90 Å². The number of nitrogens with one attached hydrogen (secondary N) is 1. The number of hydrogen-bond donors (Lipinski definition) is 1. The molecular formula is C17H27FN2. The lowest BCUT2D eigenvalue weighted by Crippen LogP contribution is -2.48. The third-order valence-electron chi connectivity index (χ3n) is 4.51. The normalized spacial score (nSPS) is 24.0. The lowest BCUT2D eigenvalue weighted by Gasteiger charge is -2.39. The Balaban J connectivity index is 1.99. The van der Waals surface area contributed by atoms with Crippen LogP contribution < -0.4 is 5.32 Å². The summed E-state index contributed by atoms with van der Waals surface area (Å²) in [6, 6.07) is 5.76. The van der Waals surface area contributed by atoms with Crippen LogP contribution in [-0.4, -0.2) is 30.6 Å². The van der Waals surface area contributed by atoms with Crippen molar-refractivity contribution in [2.45, 2.75) is 46.2 Å². The zero-order chi connectivity index (χ0) is 14.5. The molecular weight excluding hydrogens is 251 g/mol. The van der Waals surface area contributed by atoms with Crippen molar-refractivity contribution in [3.05, 3.63) is 35.1 Å². The number of piperidine rings is 1. The van der Waals surface area contributed by atoms with E-state index in [-0.39, 0.29) is 5.82 Å². The summed E-state index contributed by atoms with van der Waals surface area (Å²) in [5.41, 5.74) is 2.31. The topological polar surface area (TPSA) is 15.3 Å². The van der Waals surface area contributed by atoms with E-state index in [0.717, 1.165) is 31.7 Å². The molecule has 112 valence electrons. The molecule has 1 saturated heterocycles.